The first-order valence-electron chi connectivity index (χ1n) is 11.1. The smallest absolute Gasteiger partial charge is 0.316 e. The Balaban J connectivity index is 1.49. The van der Waals surface area contributed by atoms with Gasteiger partial charge < -0.3 is 31.2 Å². The number of hydrogen-bond acceptors (Lipinski definition) is 3. The van der Waals surface area contributed by atoms with Crippen LogP contribution in [-0.2, 0) is 22.4 Å². The molecule has 9 nitrogen and oxygen atoms in total. The highest BCUT2D eigenvalue weighted by molar-refractivity contribution is 5.92. The Labute approximate surface area is 196 Å². The molecule has 6 N–H and O–H groups in total. The molecule has 0 spiro atoms. The number of nitrogens with one attached hydrogen (secondary N) is 6. The maximum atomic E-state index is 12.9. The van der Waals surface area contributed by atoms with Gasteiger partial charge in [0.2, 0.25) is 11.8 Å². The van der Waals surface area contributed by atoms with Gasteiger partial charge in [0.25, 0.3) is 0 Å². The Hall–Kier alpha value is -4.27. The number of amides is 4. The third kappa shape index (κ3) is 4.88. The van der Waals surface area contributed by atoms with Gasteiger partial charge in [-0.3, -0.25) is 9.59 Å². The third-order valence-corrected chi connectivity index (χ3v) is 5.93. The molecule has 0 aliphatic rings. The highest BCUT2D eigenvalue weighted by Gasteiger charge is 2.26. The summed E-state index contributed by atoms with van der Waals surface area (Å²) >= 11 is 0. The van der Waals surface area contributed by atoms with Gasteiger partial charge in [-0.25, -0.2) is 4.79 Å². The first kappa shape index (κ1) is 22.9. The standard InChI is InChI=1S/C25H28N6O3/c1-26-23(32)21(11-15-13-28-19-9-5-3-7-17(15)19)30-25(34)31-22(24(33)27-2)12-16-14-29-20-10-6-4-8-18(16)20/h3-10,13-14,21-22,28-29H,11-12H2,1-2H3,(H,26,32)(H,27,33)(H2,30,31,34)/t21-,22-/m0/s1. The predicted octanol–water partition coefficient (Wildman–Crippen LogP) is 1.96. The number of hydrogen-bond donors (Lipinski definition) is 6. The Morgan fingerprint density at radius 2 is 1.12 bits per heavy atom. The number of carbonyl (C=O) groups excluding carboxylic acids is 3. The van der Waals surface area contributed by atoms with Gasteiger partial charge in [0.1, 0.15) is 12.1 Å². The normalized spacial score (nSPS) is 12.8. The van der Waals surface area contributed by atoms with E-state index in [0.717, 1.165) is 32.9 Å². The summed E-state index contributed by atoms with van der Waals surface area (Å²) in [5, 5.41) is 12.6. The summed E-state index contributed by atoms with van der Waals surface area (Å²) in [6.45, 7) is 0. The van der Waals surface area contributed by atoms with Crippen LogP contribution in [0.15, 0.2) is 60.9 Å². The van der Waals surface area contributed by atoms with E-state index >= 15 is 0 Å². The number of aromatic amines is 2. The topological polar surface area (TPSA) is 131 Å². The fraction of sp³-hybridized carbons (Fsp3) is 0.240. The molecule has 0 saturated carbocycles. The summed E-state index contributed by atoms with van der Waals surface area (Å²) < 4.78 is 0. The predicted molar refractivity (Wildman–Crippen MR) is 131 cm³/mol. The summed E-state index contributed by atoms with van der Waals surface area (Å²) in [6.07, 6.45) is 4.27. The van der Waals surface area contributed by atoms with E-state index < -0.39 is 18.1 Å². The number of carbonyl (C=O) groups is 3. The fourth-order valence-electron chi connectivity index (χ4n) is 4.17. The van der Waals surface area contributed by atoms with Gasteiger partial charge >= 0.3 is 6.03 Å². The molecule has 0 radical (unpaired) electrons. The number of para-hydroxylation sites is 2. The lowest BCUT2D eigenvalue weighted by atomic mass is 10.0. The minimum Gasteiger partial charge on any atom is -0.361 e. The van der Waals surface area contributed by atoms with Crippen LogP contribution in [0.5, 0.6) is 0 Å². The Bertz CT molecular complexity index is 1220. The van der Waals surface area contributed by atoms with E-state index in [4.69, 9.17) is 0 Å². The van der Waals surface area contributed by atoms with Crippen molar-refractivity contribution in [3.8, 4) is 0 Å². The van der Waals surface area contributed by atoms with Crippen molar-refractivity contribution in [1.29, 1.82) is 0 Å². The van der Waals surface area contributed by atoms with E-state index in [9.17, 15) is 14.4 Å². The van der Waals surface area contributed by atoms with Crippen LogP contribution in [0.25, 0.3) is 21.8 Å². The maximum Gasteiger partial charge on any atom is 0.316 e. The van der Waals surface area contributed by atoms with Crippen molar-refractivity contribution in [3.63, 3.8) is 0 Å². The number of fused-ring (bicyclic) bond motifs is 2. The molecular formula is C25H28N6O3. The van der Waals surface area contributed by atoms with Crippen LogP contribution in [0.1, 0.15) is 11.1 Å². The Morgan fingerprint density at radius 3 is 1.53 bits per heavy atom. The van der Waals surface area contributed by atoms with Gasteiger partial charge in [0.15, 0.2) is 0 Å². The molecule has 0 unspecified atom stereocenters. The number of H-pyrrole nitrogens is 2. The summed E-state index contributed by atoms with van der Waals surface area (Å²) in [7, 11) is 3.04. The summed E-state index contributed by atoms with van der Waals surface area (Å²) in [6, 6.07) is 13.3. The number of rotatable bonds is 8. The second-order valence-corrected chi connectivity index (χ2v) is 8.08. The molecular weight excluding hydrogens is 432 g/mol. The molecule has 0 saturated heterocycles. The largest absolute Gasteiger partial charge is 0.361 e. The van der Waals surface area contributed by atoms with Crippen molar-refractivity contribution in [2.45, 2.75) is 24.9 Å². The van der Waals surface area contributed by atoms with Crippen molar-refractivity contribution in [2.24, 2.45) is 0 Å². The van der Waals surface area contributed by atoms with Crippen LogP contribution < -0.4 is 21.3 Å². The molecule has 0 aliphatic heterocycles. The van der Waals surface area contributed by atoms with Crippen LogP contribution in [0, 0.1) is 0 Å². The van der Waals surface area contributed by atoms with Gasteiger partial charge in [-0.15, -0.1) is 0 Å². The van der Waals surface area contributed by atoms with E-state index in [-0.39, 0.29) is 11.8 Å². The average molecular weight is 461 g/mol. The molecule has 4 rings (SSSR count). The lowest BCUT2D eigenvalue weighted by Crippen LogP contribution is -2.55. The highest BCUT2D eigenvalue weighted by Crippen LogP contribution is 2.20. The first-order chi connectivity index (χ1) is 16.5. The molecule has 0 aliphatic carbocycles. The van der Waals surface area contributed by atoms with Crippen molar-refractivity contribution in [3.05, 3.63) is 72.1 Å². The molecule has 2 aromatic carbocycles. The lowest BCUT2D eigenvalue weighted by Gasteiger charge is -2.21. The summed E-state index contributed by atoms with van der Waals surface area (Å²) in [5.41, 5.74) is 3.73. The zero-order valence-electron chi connectivity index (χ0n) is 19.1. The Kier molecular flexibility index (Phi) is 6.82. The minimum atomic E-state index is -0.817. The van der Waals surface area contributed by atoms with Crippen molar-refractivity contribution >= 4 is 39.7 Å². The number of benzene rings is 2. The van der Waals surface area contributed by atoms with Gasteiger partial charge in [-0.1, -0.05) is 36.4 Å². The van der Waals surface area contributed by atoms with E-state index in [1.807, 2.05) is 60.9 Å². The van der Waals surface area contributed by atoms with Crippen LogP contribution >= 0.6 is 0 Å². The van der Waals surface area contributed by atoms with Crippen molar-refractivity contribution in [1.82, 2.24) is 31.2 Å². The van der Waals surface area contributed by atoms with Gasteiger partial charge in [-0.2, -0.15) is 0 Å². The quantitative estimate of drug-likeness (QED) is 0.240. The number of likely N-dealkylation sites (N-methyl/N-ethyl adjacent to an activating group) is 2. The fourth-order valence-corrected chi connectivity index (χ4v) is 4.17. The van der Waals surface area contributed by atoms with Gasteiger partial charge in [-0.05, 0) is 23.3 Å². The van der Waals surface area contributed by atoms with Crippen LogP contribution in [0.4, 0.5) is 4.79 Å². The molecule has 2 atom stereocenters. The summed E-state index contributed by atoms with van der Waals surface area (Å²) in [4.78, 5) is 44.3. The van der Waals surface area contributed by atoms with Crippen molar-refractivity contribution in [2.75, 3.05) is 14.1 Å². The van der Waals surface area contributed by atoms with E-state index in [2.05, 4.69) is 31.2 Å². The molecule has 9 heteroatoms. The molecule has 34 heavy (non-hydrogen) atoms. The molecule has 4 aromatic rings. The van der Waals surface area contributed by atoms with Crippen LogP contribution in [0.3, 0.4) is 0 Å². The van der Waals surface area contributed by atoms with Gasteiger partial charge in [0.05, 0.1) is 0 Å². The first-order valence-corrected chi connectivity index (χ1v) is 11.1. The average Bonchev–Trinajstić information content (AvgIpc) is 3.46. The third-order valence-electron chi connectivity index (χ3n) is 5.93. The van der Waals surface area contributed by atoms with E-state index in [0.29, 0.717) is 12.8 Å². The molecule has 4 amide bonds. The summed E-state index contributed by atoms with van der Waals surface area (Å²) in [5.74, 6) is -0.651. The molecule has 2 heterocycles. The number of aromatic nitrogens is 2. The van der Waals surface area contributed by atoms with Gasteiger partial charge in [0, 0.05) is 61.1 Å². The molecule has 176 valence electrons. The monoisotopic (exact) mass is 460 g/mol. The lowest BCUT2D eigenvalue weighted by molar-refractivity contribution is -0.122. The van der Waals surface area contributed by atoms with Crippen molar-refractivity contribution < 1.29 is 14.4 Å². The van der Waals surface area contributed by atoms with Crippen LogP contribution in [-0.4, -0.2) is 54.0 Å². The second-order valence-electron chi connectivity index (χ2n) is 8.08. The molecule has 0 fully saturated rings. The van der Waals surface area contributed by atoms with Crippen LogP contribution in [0.2, 0.25) is 0 Å². The number of urea groups is 1. The SMILES string of the molecule is CNC(=O)[C@H](Cc1c[nH]c2ccccc12)NC(=O)N[C@@H](Cc1c[nH]c2ccccc12)C(=O)NC. The zero-order valence-corrected chi connectivity index (χ0v) is 19.1. The Morgan fingerprint density at radius 1 is 0.706 bits per heavy atom. The van der Waals surface area contributed by atoms with E-state index in [1.165, 1.54) is 14.1 Å². The minimum absolute atomic E-state index is 0.296. The highest BCUT2D eigenvalue weighted by atomic mass is 16.2. The molecule has 0 bridgehead atoms. The zero-order chi connectivity index (χ0) is 24.1. The van der Waals surface area contributed by atoms with E-state index in [1.54, 1.807) is 0 Å². The second kappa shape index (κ2) is 10.1. The maximum absolute atomic E-state index is 12.9. The molecule has 2 aromatic heterocycles.